The van der Waals surface area contributed by atoms with Gasteiger partial charge in [-0.1, -0.05) is 66.7 Å². The van der Waals surface area contributed by atoms with Crippen molar-refractivity contribution in [3.05, 3.63) is 121 Å². The van der Waals surface area contributed by atoms with Gasteiger partial charge in [0.05, 0.1) is 0 Å². The number of hydrogen-bond acceptors (Lipinski definition) is 1. The number of hydrogen-bond donors (Lipinski definition) is 1. The van der Waals surface area contributed by atoms with Gasteiger partial charge in [0, 0.05) is 0 Å². The summed E-state index contributed by atoms with van der Waals surface area (Å²) >= 11 is 0. The van der Waals surface area contributed by atoms with E-state index in [-0.39, 0.29) is 24.0 Å². The summed E-state index contributed by atoms with van der Waals surface area (Å²) in [7, 11) is -2.38. The predicted molar refractivity (Wildman–Crippen MR) is 118 cm³/mol. The van der Waals surface area contributed by atoms with Crippen LogP contribution in [-0.4, -0.2) is 11.1 Å². The largest absolute Gasteiger partial charge is 1.00 e. The standard InChI is InChI=1S/C25H19O2P.HI/c26-25(27)23-18-10-11-19-24(23)28(20-12-4-1-5-13-20,21-14-6-2-7-15-21)22-16-8-3-9-17-22;/h1-19H;1H. The Balaban J connectivity index is 0.00000240. The van der Waals surface area contributed by atoms with Crippen molar-refractivity contribution in [1.29, 1.82) is 0 Å². The number of aromatic carboxylic acids is 1. The van der Waals surface area contributed by atoms with E-state index in [1.165, 1.54) is 0 Å². The number of halogens is 1. The lowest BCUT2D eigenvalue weighted by Crippen LogP contribution is -3.00. The Morgan fingerprint density at radius 2 is 0.897 bits per heavy atom. The summed E-state index contributed by atoms with van der Waals surface area (Å²) in [5, 5.41) is 14.3. The van der Waals surface area contributed by atoms with E-state index in [9.17, 15) is 9.90 Å². The van der Waals surface area contributed by atoms with E-state index in [4.69, 9.17) is 0 Å². The van der Waals surface area contributed by atoms with Gasteiger partial charge in [0.2, 0.25) is 0 Å². The van der Waals surface area contributed by atoms with Crippen molar-refractivity contribution in [2.24, 2.45) is 0 Å². The van der Waals surface area contributed by atoms with Crippen LogP contribution < -0.4 is 45.2 Å². The second kappa shape index (κ2) is 9.34. The predicted octanol–water partition coefficient (Wildman–Crippen LogP) is 1.01. The van der Waals surface area contributed by atoms with E-state index < -0.39 is 13.2 Å². The highest BCUT2D eigenvalue weighted by atomic mass is 127. The minimum Gasteiger partial charge on any atom is -1.00 e. The summed E-state index contributed by atoms with van der Waals surface area (Å²) in [6, 6.07) is 38.3. The number of carboxylic acids is 1. The molecule has 0 heterocycles. The highest BCUT2D eigenvalue weighted by molar-refractivity contribution is 8.01. The maximum Gasteiger partial charge on any atom is 0.339 e. The summed E-state index contributed by atoms with van der Waals surface area (Å²) in [4.78, 5) is 12.2. The van der Waals surface area contributed by atoms with Gasteiger partial charge in [-0.25, -0.2) is 4.79 Å². The zero-order valence-electron chi connectivity index (χ0n) is 15.7. The van der Waals surface area contributed by atoms with Crippen LogP contribution in [0.5, 0.6) is 0 Å². The van der Waals surface area contributed by atoms with E-state index in [1.54, 1.807) is 12.1 Å². The molecule has 0 aromatic heterocycles. The molecule has 29 heavy (non-hydrogen) atoms. The molecule has 4 heteroatoms. The van der Waals surface area contributed by atoms with E-state index in [0.29, 0.717) is 5.56 Å². The van der Waals surface area contributed by atoms with Crippen LogP contribution in [0.1, 0.15) is 10.4 Å². The fraction of sp³-hybridized carbons (Fsp3) is 0. The van der Waals surface area contributed by atoms with Crippen LogP contribution in [0.15, 0.2) is 115 Å². The van der Waals surface area contributed by atoms with Crippen molar-refractivity contribution in [2.45, 2.75) is 0 Å². The normalized spacial score (nSPS) is 10.8. The molecule has 0 spiro atoms. The third kappa shape index (κ3) is 3.85. The molecule has 144 valence electrons. The van der Waals surface area contributed by atoms with E-state index in [0.717, 1.165) is 21.2 Å². The van der Waals surface area contributed by atoms with Crippen molar-refractivity contribution in [2.75, 3.05) is 0 Å². The molecule has 1 N–H and O–H groups in total. The Bertz CT molecular complexity index is 987. The Morgan fingerprint density at radius 1 is 0.552 bits per heavy atom. The molecule has 2 nitrogen and oxygen atoms in total. The first-order valence-electron chi connectivity index (χ1n) is 9.13. The van der Waals surface area contributed by atoms with Crippen LogP contribution in [-0.2, 0) is 0 Å². The Morgan fingerprint density at radius 3 is 1.28 bits per heavy atom. The molecular formula is C25H20IO2P. The quantitative estimate of drug-likeness (QED) is 0.322. The topological polar surface area (TPSA) is 37.3 Å². The van der Waals surface area contributed by atoms with Crippen LogP contribution in [0.25, 0.3) is 0 Å². The number of rotatable bonds is 5. The Labute approximate surface area is 188 Å². The first kappa shape index (κ1) is 21.2. The molecule has 0 saturated heterocycles. The lowest BCUT2D eigenvalue weighted by atomic mass is 10.2. The third-order valence-corrected chi connectivity index (χ3v) is 9.26. The van der Waals surface area contributed by atoms with Gasteiger partial charge in [-0.15, -0.1) is 0 Å². The molecule has 0 bridgehead atoms. The molecule has 0 fully saturated rings. The van der Waals surface area contributed by atoms with Gasteiger partial charge in [-0.3, -0.25) is 0 Å². The zero-order chi connectivity index (χ0) is 19.4. The minimum atomic E-state index is -2.38. The smallest absolute Gasteiger partial charge is 0.339 e. The molecule has 4 aromatic carbocycles. The molecule has 0 aliphatic carbocycles. The van der Waals surface area contributed by atoms with Crippen molar-refractivity contribution in [1.82, 2.24) is 0 Å². The van der Waals surface area contributed by atoms with Gasteiger partial charge in [0.15, 0.2) is 0 Å². The van der Waals surface area contributed by atoms with Crippen LogP contribution in [0.3, 0.4) is 0 Å². The third-order valence-electron chi connectivity index (χ3n) is 4.93. The number of carboxylic acid groups (broad SMARTS) is 1. The van der Waals surface area contributed by atoms with Gasteiger partial charge in [-0.2, -0.15) is 0 Å². The highest BCUT2D eigenvalue weighted by Crippen LogP contribution is 2.54. The molecular weight excluding hydrogens is 490 g/mol. The molecule has 0 amide bonds. The fourth-order valence-electron chi connectivity index (χ4n) is 3.77. The molecule has 4 rings (SSSR count). The summed E-state index contributed by atoms with van der Waals surface area (Å²) in [5.74, 6) is -0.900. The summed E-state index contributed by atoms with van der Waals surface area (Å²) < 4.78 is 0. The first-order chi connectivity index (χ1) is 13.7. The van der Waals surface area contributed by atoms with Crippen molar-refractivity contribution >= 4 is 34.4 Å². The van der Waals surface area contributed by atoms with Gasteiger partial charge in [0.25, 0.3) is 0 Å². The van der Waals surface area contributed by atoms with E-state index in [2.05, 4.69) is 36.4 Å². The van der Waals surface area contributed by atoms with Crippen molar-refractivity contribution in [3.63, 3.8) is 0 Å². The van der Waals surface area contributed by atoms with Crippen LogP contribution >= 0.6 is 7.26 Å². The number of benzene rings is 4. The van der Waals surface area contributed by atoms with E-state index >= 15 is 0 Å². The molecule has 4 aromatic rings. The SMILES string of the molecule is O=C(O)c1ccccc1[P+](c1ccccc1)(c1ccccc1)c1ccccc1.[I-]. The number of carbonyl (C=O) groups is 1. The lowest BCUT2D eigenvalue weighted by Gasteiger charge is -2.28. The molecule has 0 atom stereocenters. The Kier molecular flexibility index (Phi) is 6.83. The molecule has 0 aliphatic rings. The fourth-order valence-corrected chi connectivity index (χ4v) is 8.19. The molecule has 0 saturated carbocycles. The van der Waals surface area contributed by atoms with Gasteiger partial charge in [-0.05, 0) is 48.5 Å². The summed E-state index contributed by atoms with van der Waals surface area (Å²) in [5.41, 5.74) is 0.354. The second-order valence-corrected chi connectivity index (χ2v) is 9.87. The molecule has 0 aliphatic heterocycles. The highest BCUT2D eigenvalue weighted by Gasteiger charge is 2.49. The van der Waals surface area contributed by atoms with Crippen LogP contribution in [0, 0.1) is 0 Å². The minimum absolute atomic E-state index is 0. The van der Waals surface area contributed by atoms with Crippen molar-refractivity contribution < 1.29 is 33.9 Å². The van der Waals surface area contributed by atoms with Gasteiger partial charge >= 0.3 is 5.97 Å². The lowest BCUT2D eigenvalue weighted by molar-refractivity contribution is -0.0000209. The molecule has 0 unspecified atom stereocenters. The van der Waals surface area contributed by atoms with Crippen LogP contribution in [0.2, 0.25) is 0 Å². The first-order valence-corrected chi connectivity index (χ1v) is 10.9. The Hall–Kier alpha value is -2.49. The zero-order valence-corrected chi connectivity index (χ0v) is 18.7. The maximum absolute atomic E-state index is 12.2. The van der Waals surface area contributed by atoms with Gasteiger partial charge in [0.1, 0.15) is 34.0 Å². The molecule has 0 radical (unpaired) electrons. The monoisotopic (exact) mass is 510 g/mol. The summed E-state index contributed by atoms with van der Waals surface area (Å²) in [6.45, 7) is 0. The van der Waals surface area contributed by atoms with Gasteiger partial charge < -0.3 is 29.1 Å². The van der Waals surface area contributed by atoms with Crippen molar-refractivity contribution in [3.8, 4) is 0 Å². The van der Waals surface area contributed by atoms with Crippen LogP contribution in [0.4, 0.5) is 0 Å². The maximum atomic E-state index is 12.2. The van der Waals surface area contributed by atoms with E-state index in [1.807, 2.05) is 66.7 Å². The second-order valence-electron chi connectivity index (χ2n) is 6.50. The average molecular weight is 510 g/mol. The average Bonchev–Trinajstić information content (AvgIpc) is 2.77. The summed E-state index contributed by atoms with van der Waals surface area (Å²) in [6.07, 6.45) is 0.